The van der Waals surface area contributed by atoms with Gasteiger partial charge < -0.3 is 9.15 Å². The van der Waals surface area contributed by atoms with Crippen molar-refractivity contribution in [3.63, 3.8) is 0 Å². The van der Waals surface area contributed by atoms with Crippen LogP contribution in [0.4, 0.5) is 4.39 Å². The molecule has 0 unspecified atom stereocenters. The van der Waals surface area contributed by atoms with Gasteiger partial charge in [0.1, 0.15) is 17.1 Å². The Morgan fingerprint density at radius 2 is 1.92 bits per heavy atom. The maximum absolute atomic E-state index is 13.2. The zero-order valence-electron chi connectivity index (χ0n) is 13.2. The molecule has 1 aromatic heterocycles. The Balaban J connectivity index is 1.96. The van der Waals surface area contributed by atoms with Crippen LogP contribution in [0.2, 0.25) is 0 Å². The zero-order chi connectivity index (χ0) is 17.3. The number of benzene rings is 2. The Morgan fingerprint density at radius 3 is 2.62 bits per heavy atom. The molecule has 0 bridgehead atoms. The minimum absolute atomic E-state index is 0.104. The number of carbonyl (C=O) groups excluding carboxylic acids is 1. The Morgan fingerprint density at radius 1 is 1.12 bits per heavy atom. The molecule has 0 radical (unpaired) electrons. The lowest BCUT2D eigenvalue weighted by molar-refractivity contribution is 0.0734. The second kappa shape index (κ2) is 6.28. The molecule has 0 fully saturated rings. The van der Waals surface area contributed by atoms with Crippen LogP contribution in [0.5, 0.6) is 5.75 Å². The zero-order valence-corrected chi connectivity index (χ0v) is 13.2. The van der Waals surface area contributed by atoms with Crippen LogP contribution in [0.3, 0.4) is 0 Å². The van der Waals surface area contributed by atoms with Gasteiger partial charge in [0, 0.05) is 17.5 Å². The topological polar surface area (TPSA) is 56.5 Å². The van der Waals surface area contributed by atoms with E-state index in [2.05, 4.69) is 0 Å². The van der Waals surface area contributed by atoms with E-state index < -0.39 is 17.4 Å². The van der Waals surface area contributed by atoms with Gasteiger partial charge in [-0.2, -0.15) is 0 Å². The molecule has 3 rings (SSSR count). The molecule has 5 heteroatoms. The van der Waals surface area contributed by atoms with E-state index in [0.29, 0.717) is 5.58 Å². The summed E-state index contributed by atoms with van der Waals surface area (Å²) in [5.41, 5.74) is 0.854. The molecule has 1 heterocycles. The van der Waals surface area contributed by atoms with Gasteiger partial charge in [0.25, 0.3) is 0 Å². The van der Waals surface area contributed by atoms with Crippen LogP contribution in [-0.4, -0.2) is 5.97 Å². The first-order valence-corrected chi connectivity index (χ1v) is 7.49. The molecule has 122 valence electrons. The largest absolute Gasteiger partial charge is 0.423 e. The predicted molar refractivity (Wildman–Crippen MR) is 87.9 cm³/mol. The molecule has 0 saturated heterocycles. The summed E-state index contributed by atoms with van der Waals surface area (Å²) in [6.07, 6.45) is 0. The number of rotatable bonds is 3. The van der Waals surface area contributed by atoms with Crippen molar-refractivity contribution in [3.8, 4) is 5.75 Å². The molecule has 0 amide bonds. The van der Waals surface area contributed by atoms with Crippen molar-refractivity contribution in [1.82, 2.24) is 0 Å². The highest BCUT2D eigenvalue weighted by molar-refractivity contribution is 5.91. The molecule has 0 saturated carbocycles. The monoisotopic (exact) mass is 326 g/mol. The van der Waals surface area contributed by atoms with Gasteiger partial charge >= 0.3 is 11.6 Å². The van der Waals surface area contributed by atoms with E-state index in [0.717, 1.165) is 17.0 Å². The fourth-order valence-corrected chi connectivity index (χ4v) is 2.49. The molecule has 0 atom stereocenters. The van der Waals surface area contributed by atoms with Gasteiger partial charge in [0.05, 0.1) is 5.56 Å². The van der Waals surface area contributed by atoms with E-state index in [4.69, 9.17) is 9.15 Å². The van der Waals surface area contributed by atoms with E-state index in [-0.39, 0.29) is 17.2 Å². The SMILES string of the molecule is CC(C)c1cc(=O)oc2cc(OC(=O)c3cccc(F)c3)ccc12. The van der Waals surface area contributed by atoms with Gasteiger partial charge in [0.2, 0.25) is 0 Å². The number of halogens is 1. The molecular weight excluding hydrogens is 311 g/mol. The van der Waals surface area contributed by atoms with Crippen LogP contribution in [-0.2, 0) is 0 Å². The first-order chi connectivity index (χ1) is 11.4. The summed E-state index contributed by atoms with van der Waals surface area (Å²) in [5, 5.41) is 0.787. The molecule has 24 heavy (non-hydrogen) atoms. The summed E-state index contributed by atoms with van der Waals surface area (Å²) in [5.74, 6) is -0.829. The summed E-state index contributed by atoms with van der Waals surface area (Å²) in [7, 11) is 0. The highest BCUT2D eigenvalue weighted by Gasteiger charge is 2.13. The molecule has 0 aliphatic heterocycles. The average Bonchev–Trinajstić information content (AvgIpc) is 2.53. The number of hydrogen-bond donors (Lipinski definition) is 0. The minimum atomic E-state index is -0.684. The predicted octanol–water partition coefficient (Wildman–Crippen LogP) is 4.27. The Bertz CT molecular complexity index is 973. The van der Waals surface area contributed by atoms with Crippen molar-refractivity contribution >= 4 is 16.9 Å². The Labute approximate surface area is 137 Å². The molecular formula is C19H15FO4. The average molecular weight is 326 g/mol. The van der Waals surface area contributed by atoms with Crippen molar-refractivity contribution in [1.29, 1.82) is 0 Å². The number of ether oxygens (including phenoxy) is 1. The van der Waals surface area contributed by atoms with Crippen LogP contribution in [0.15, 0.2) is 57.7 Å². The smallest absolute Gasteiger partial charge is 0.343 e. The molecule has 4 nitrogen and oxygen atoms in total. The van der Waals surface area contributed by atoms with Gasteiger partial charge in [-0.05, 0) is 41.8 Å². The third kappa shape index (κ3) is 3.20. The van der Waals surface area contributed by atoms with E-state index >= 15 is 0 Å². The van der Waals surface area contributed by atoms with Crippen LogP contribution in [0.25, 0.3) is 11.0 Å². The van der Waals surface area contributed by atoms with Crippen molar-refractivity contribution in [2.75, 3.05) is 0 Å². The van der Waals surface area contributed by atoms with E-state index in [1.54, 1.807) is 12.1 Å². The Kier molecular flexibility index (Phi) is 4.16. The summed E-state index contributed by atoms with van der Waals surface area (Å²) >= 11 is 0. The van der Waals surface area contributed by atoms with Crippen molar-refractivity contribution in [2.24, 2.45) is 0 Å². The first-order valence-electron chi connectivity index (χ1n) is 7.49. The molecule has 0 aliphatic carbocycles. The van der Waals surface area contributed by atoms with Gasteiger partial charge in [-0.3, -0.25) is 0 Å². The van der Waals surface area contributed by atoms with Gasteiger partial charge in [-0.15, -0.1) is 0 Å². The minimum Gasteiger partial charge on any atom is -0.423 e. The van der Waals surface area contributed by atoms with Gasteiger partial charge in [-0.25, -0.2) is 14.0 Å². The maximum Gasteiger partial charge on any atom is 0.343 e. The highest BCUT2D eigenvalue weighted by atomic mass is 19.1. The number of carbonyl (C=O) groups is 1. The van der Waals surface area contributed by atoms with Crippen LogP contribution >= 0.6 is 0 Å². The number of esters is 1. The lowest BCUT2D eigenvalue weighted by Gasteiger charge is -2.10. The summed E-state index contributed by atoms with van der Waals surface area (Å²) < 4.78 is 23.6. The molecule has 0 spiro atoms. The lowest BCUT2D eigenvalue weighted by Crippen LogP contribution is -2.09. The fraction of sp³-hybridized carbons (Fsp3) is 0.158. The second-order valence-corrected chi connectivity index (χ2v) is 5.73. The molecule has 2 aromatic carbocycles. The van der Waals surface area contributed by atoms with Crippen molar-refractivity contribution < 1.29 is 18.3 Å². The van der Waals surface area contributed by atoms with Crippen LogP contribution in [0.1, 0.15) is 35.7 Å². The summed E-state index contributed by atoms with van der Waals surface area (Å²) in [4.78, 5) is 23.7. The second-order valence-electron chi connectivity index (χ2n) is 5.73. The van der Waals surface area contributed by atoms with Crippen molar-refractivity contribution in [3.05, 3.63) is 75.9 Å². The summed E-state index contributed by atoms with van der Waals surface area (Å²) in [6, 6.07) is 11.5. The normalized spacial score (nSPS) is 11.0. The van der Waals surface area contributed by atoms with Crippen LogP contribution < -0.4 is 10.4 Å². The van der Waals surface area contributed by atoms with E-state index in [1.165, 1.54) is 30.3 Å². The first kappa shape index (κ1) is 15.9. The maximum atomic E-state index is 13.2. The van der Waals surface area contributed by atoms with Gasteiger partial charge in [0.15, 0.2) is 0 Å². The fourth-order valence-electron chi connectivity index (χ4n) is 2.49. The van der Waals surface area contributed by atoms with E-state index in [1.807, 2.05) is 13.8 Å². The Hall–Kier alpha value is -2.95. The molecule has 0 N–H and O–H groups in total. The summed E-state index contributed by atoms with van der Waals surface area (Å²) in [6.45, 7) is 3.96. The standard InChI is InChI=1S/C19H15FO4/c1-11(2)16-10-18(21)24-17-9-14(6-7-15(16)17)23-19(22)12-4-3-5-13(20)8-12/h3-11H,1-2H3. The van der Waals surface area contributed by atoms with Crippen molar-refractivity contribution in [2.45, 2.75) is 19.8 Å². The third-order valence-electron chi connectivity index (χ3n) is 3.64. The quantitative estimate of drug-likeness (QED) is 0.410. The number of fused-ring (bicyclic) bond motifs is 1. The lowest BCUT2D eigenvalue weighted by atomic mass is 10.00. The van der Waals surface area contributed by atoms with Gasteiger partial charge in [-0.1, -0.05) is 19.9 Å². The van der Waals surface area contributed by atoms with Crippen LogP contribution in [0, 0.1) is 5.82 Å². The molecule has 0 aliphatic rings. The highest BCUT2D eigenvalue weighted by Crippen LogP contribution is 2.27. The number of hydrogen-bond acceptors (Lipinski definition) is 4. The van der Waals surface area contributed by atoms with E-state index in [9.17, 15) is 14.0 Å². The third-order valence-corrected chi connectivity index (χ3v) is 3.64. The molecule has 3 aromatic rings.